The Morgan fingerprint density at radius 3 is 1.95 bits per heavy atom. The first-order chi connectivity index (χ1) is 9.27. The molecular weight excluding hydrogens is 277 g/mol. The van der Waals surface area contributed by atoms with Crippen LogP contribution in [0.1, 0.15) is 22.7 Å². The van der Waals surface area contributed by atoms with Crippen LogP contribution in [0.5, 0.6) is 0 Å². The van der Waals surface area contributed by atoms with E-state index in [0.717, 1.165) is 24.3 Å². The minimum atomic E-state index is -4.65. The number of nitrogens with two attached hydrogens (primary N) is 1. The van der Waals surface area contributed by atoms with Crippen LogP contribution in [0, 0.1) is 11.6 Å². The van der Waals surface area contributed by atoms with Gasteiger partial charge in [0.05, 0.1) is 11.6 Å². The minimum Gasteiger partial charge on any atom is -0.320 e. The molecule has 1 atom stereocenters. The van der Waals surface area contributed by atoms with Gasteiger partial charge in [0.25, 0.3) is 0 Å². The number of benzene rings is 2. The monoisotopic (exact) mass is 287 g/mol. The zero-order valence-corrected chi connectivity index (χ0v) is 10.1. The van der Waals surface area contributed by atoms with E-state index < -0.39 is 29.4 Å². The molecule has 6 heteroatoms. The summed E-state index contributed by atoms with van der Waals surface area (Å²) in [6.07, 6.45) is -4.65. The van der Waals surface area contributed by atoms with Gasteiger partial charge in [0.2, 0.25) is 0 Å². The van der Waals surface area contributed by atoms with Gasteiger partial charge >= 0.3 is 6.18 Å². The molecule has 0 aliphatic rings. The van der Waals surface area contributed by atoms with Crippen molar-refractivity contribution in [2.75, 3.05) is 0 Å². The van der Waals surface area contributed by atoms with Crippen molar-refractivity contribution in [2.45, 2.75) is 12.2 Å². The fraction of sp³-hybridized carbons (Fsp3) is 0.143. The minimum absolute atomic E-state index is 0.0241. The number of alkyl halides is 3. The molecule has 106 valence electrons. The van der Waals surface area contributed by atoms with Crippen LogP contribution in [0.4, 0.5) is 22.0 Å². The molecule has 0 saturated carbocycles. The van der Waals surface area contributed by atoms with Crippen LogP contribution in [0.15, 0.2) is 42.5 Å². The molecule has 2 aromatic rings. The van der Waals surface area contributed by atoms with Gasteiger partial charge in [0.1, 0.15) is 11.6 Å². The highest BCUT2D eigenvalue weighted by atomic mass is 19.4. The zero-order chi connectivity index (χ0) is 14.9. The lowest BCUT2D eigenvalue weighted by Crippen LogP contribution is -2.14. The SMILES string of the molecule is N[C@@H](c1ccc(F)cc1)c1cc(F)cc(C(F)(F)F)c1. The van der Waals surface area contributed by atoms with Crippen LogP contribution in [0.25, 0.3) is 0 Å². The first-order valence-corrected chi connectivity index (χ1v) is 5.66. The highest BCUT2D eigenvalue weighted by Crippen LogP contribution is 2.32. The summed E-state index contributed by atoms with van der Waals surface area (Å²) in [7, 11) is 0. The van der Waals surface area contributed by atoms with E-state index in [1.54, 1.807) is 0 Å². The quantitative estimate of drug-likeness (QED) is 0.829. The Balaban J connectivity index is 2.42. The summed E-state index contributed by atoms with van der Waals surface area (Å²) in [5.41, 5.74) is 5.05. The molecule has 2 aromatic carbocycles. The van der Waals surface area contributed by atoms with E-state index in [9.17, 15) is 22.0 Å². The van der Waals surface area contributed by atoms with Gasteiger partial charge in [-0.2, -0.15) is 13.2 Å². The van der Waals surface area contributed by atoms with Crippen LogP contribution >= 0.6 is 0 Å². The summed E-state index contributed by atoms with van der Waals surface area (Å²) >= 11 is 0. The summed E-state index contributed by atoms with van der Waals surface area (Å²) in [6, 6.07) is 6.13. The molecule has 0 spiro atoms. The molecule has 0 heterocycles. The van der Waals surface area contributed by atoms with Crippen molar-refractivity contribution in [1.29, 1.82) is 0 Å². The van der Waals surface area contributed by atoms with E-state index in [1.807, 2.05) is 0 Å². The van der Waals surface area contributed by atoms with Crippen LogP contribution < -0.4 is 5.73 Å². The summed E-state index contributed by atoms with van der Waals surface area (Å²) in [6.45, 7) is 0. The van der Waals surface area contributed by atoms with Crippen LogP contribution in [0.3, 0.4) is 0 Å². The van der Waals surface area contributed by atoms with E-state index in [0.29, 0.717) is 11.6 Å². The van der Waals surface area contributed by atoms with Crippen molar-refractivity contribution in [1.82, 2.24) is 0 Å². The Morgan fingerprint density at radius 1 is 0.800 bits per heavy atom. The van der Waals surface area contributed by atoms with Crippen molar-refractivity contribution < 1.29 is 22.0 Å². The van der Waals surface area contributed by atoms with Crippen molar-refractivity contribution in [2.24, 2.45) is 5.73 Å². The normalized spacial score (nSPS) is 13.3. The van der Waals surface area contributed by atoms with Crippen molar-refractivity contribution in [3.63, 3.8) is 0 Å². The third-order valence-corrected chi connectivity index (χ3v) is 2.84. The van der Waals surface area contributed by atoms with Crippen molar-refractivity contribution in [3.05, 3.63) is 70.8 Å². The second-order valence-corrected chi connectivity index (χ2v) is 4.30. The largest absolute Gasteiger partial charge is 0.416 e. The fourth-order valence-electron chi connectivity index (χ4n) is 1.82. The number of rotatable bonds is 2. The van der Waals surface area contributed by atoms with Crippen LogP contribution in [-0.2, 0) is 6.18 Å². The third kappa shape index (κ3) is 3.14. The molecule has 0 radical (unpaired) electrons. The standard InChI is InChI=1S/C14H10F5N/c15-11-3-1-8(2-4-11)13(20)9-5-10(14(17,18)19)7-12(16)6-9/h1-7,13H,20H2/t13-/m0/s1. The number of hydrogen-bond donors (Lipinski definition) is 1. The summed E-state index contributed by atoms with van der Waals surface area (Å²) in [5, 5.41) is 0. The van der Waals surface area contributed by atoms with E-state index in [4.69, 9.17) is 5.73 Å². The van der Waals surface area contributed by atoms with Gasteiger partial charge in [0, 0.05) is 0 Å². The molecule has 0 unspecified atom stereocenters. The number of halogens is 5. The second kappa shape index (κ2) is 5.20. The van der Waals surface area contributed by atoms with Gasteiger partial charge < -0.3 is 5.73 Å². The van der Waals surface area contributed by atoms with Gasteiger partial charge in [-0.1, -0.05) is 12.1 Å². The maximum absolute atomic E-state index is 13.3. The lowest BCUT2D eigenvalue weighted by molar-refractivity contribution is -0.137. The lowest BCUT2D eigenvalue weighted by atomic mass is 9.97. The molecule has 0 saturated heterocycles. The molecular formula is C14H10F5N. The predicted molar refractivity (Wildman–Crippen MR) is 63.8 cm³/mol. The third-order valence-electron chi connectivity index (χ3n) is 2.84. The Bertz CT molecular complexity index is 604. The topological polar surface area (TPSA) is 26.0 Å². The van der Waals surface area contributed by atoms with Crippen molar-refractivity contribution in [3.8, 4) is 0 Å². The van der Waals surface area contributed by atoms with Crippen LogP contribution in [0.2, 0.25) is 0 Å². The first kappa shape index (κ1) is 14.5. The van der Waals surface area contributed by atoms with E-state index >= 15 is 0 Å². The first-order valence-electron chi connectivity index (χ1n) is 5.66. The van der Waals surface area contributed by atoms with Gasteiger partial charge in [-0.3, -0.25) is 0 Å². The molecule has 2 rings (SSSR count). The molecule has 0 bridgehead atoms. The molecule has 0 aliphatic carbocycles. The predicted octanol–water partition coefficient (Wildman–Crippen LogP) is 4.03. The zero-order valence-electron chi connectivity index (χ0n) is 10.1. The van der Waals surface area contributed by atoms with E-state index in [1.165, 1.54) is 12.1 Å². The van der Waals surface area contributed by atoms with Crippen LogP contribution in [-0.4, -0.2) is 0 Å². The molecule has 2 N–H and O–H groups in total. The second-order valence-electron chi connectivity index (χ2n) is 4.30. The smallest absolute Gasteiger partial charge is 0.320 e. The average molecular weight is 287 g/mol. The van der Waals surface area contributed by atoms with Gasteiger partial charge in [-0.25, -0.2) is 8.78 Å². The maximum Gasteiger partial charge on any atom is 0.416 e. The van der Waals surface area contributed by atoms with E-state index in [2.05, 4.69) is 0 Å². The molecule has 1 nitrogen and oxygen atoms in total. The van der Waals surface area contributed by atoms with Gasteiger partial charge in [0.15, 0.2) is 0 Å². The Labute approximate surface area is 111 Å². The van der Waals surface area contributed by atoms with Crippen molar-refractivity contribution >= 4 is 0 Å². The van der Waals surface area contributed by atoms with Gasteiger partial charge in [-0.05, 0) is 41.5 Å². The molecule has 0 amide bonds. The molecule has 20 heavy (non-hydrogen) atoms. The highest BCUT2D eigenvalue weighted by molar-refractivity contribution is 5.35. The summed E-state index contributed by atoms with van der Waals surface area (Å²) in [5.74, 6) is -1.51. The molecule has 0 aliphatic heterocycles. The Morgan fingerprint density at radius 2 is 1.40 bits per heavy atom. The average Bonchev–Trinajstić information content (AvgIpc) is 2.37. The molecule has 0 aromatic heterocycles. The summed E-state index contributed by atoms with van der Waals surface area (Å²) < 4.78 is 63.9. The Kier molecular flexibility index (Phi) is 3.76. The lowest BCUT2D eigenvalue weighted by Gasteiger charge is -2.15. The highest BCUT2D eigenvalue weighted by Gasteiger charge is 2.31. The maximum atomic E-state index is 13.3. The Hall–Kier alpha value is -1.95. The number of hydrogen-bond acceptors (Lipinski definition) is 1. The van der Waals surface area contributed by atoms with Gasteiger partial charge in [-0.15, -0.1) is 0 Å². The fourth-order valence-corrected chi connectivity index (χ4v) is 1.82. The molecule has 0 fully saturated rings. The summed E-state index contributed by atoms with van der Waals surface area (Å²) in [4.78, 5) is 0. The van der Waals surface area contributed by atoms with E-state index in [-0.39, 0.29) is 5.56 Å².